The first-order chi connectivity index (χ1) is 9.56. The topological polar surface area (TPSA) is 78.7 Å². The van der Waals surface area contributed by atoms with Gasteiger partial charge in [-0.3, -0.25) is 4.90 Å². The Balaban J connectivity index is 1.77. The van der Waals surface area contributed by atoms with E-state index in [1.165, 1.54) is 12.8 Å². The van der Waals surface area contributed by atoms with Gasteiger partial charge in [0.15, 0.2) is 0 Å². The lowest BCUT2D eigenvalue weighted by molar-refractivity contribution is 0.263. The molecule has 0 amide bonds. The molecule has 0 aromatic rings. The Kier molecular flexibility index (Phi) is 5.80. The van der Waals surface area contributed by atoms with Gasteiger partial charge in [-0.25, -0.2) is 4.72 Å². The highest BCUT2D eigenvalue weighted by Crippen LogP contribution is 2.25. The molecule has 2 rings (SSSR count). The van der Waals surface area contributed by atoms with Gasteiger partial charge in [-0.1, -0.05) is 6.92 Å². The van der Waals surface area contributed by atoms with Gasteiger partial charge in [0.1, 0.15) is 0 Å². The summed E-state index contributed by atoms with van der Waals surface area (Å²) >= 11 is 0. The smallest absolute Gasteiger partial charge is 0.279 e. The quantitative estimate of drug-likeness (QED) is 0.660. The third-order valence-corrected chi connectivity index (χ3v) is 5.89. The Labute approximate surface area is 122 Å². The molecule has 7 heteroatoms. The average Bonchev–Trinajstić information content (AvgIpc) is 3.28. The predicted molar refractivity (Wildman–Crippen MR) is 80.5 cm³/mol. The molecule has 2 aliphatic rings. The van der Waals surface area contributed by atoms with Crippen LogP contribution in [0.3, 0.4) is 0 Å². The van der Waals surface area contributed by atoms with Gasteiger partial charge in [-0.15, -0.1) is 0 Å². The second-order valence-corrected chi connectivity index (χ2v) is 7.62. The first-order valence-corrected chi connectivity index (χ1v) is 9.19. The van der Waals surface area contributed by atoms with Crippen LogP contribution in [0, 0.1) is 5.92 Å². The average molecular weight is 304 g/mol. The summed E-state index contributed by atoms with van der Waals surface area (Å²) in [6.07, 6.45) is 4.45. The summed E-state index contributed by atoms with van der Waals surface area (Å²) in [7, 11) is -3.33. The molecule has 3 N–H and O–H groups in total. The van der Waals surface area contributed by atoms with E-state index in [1.54, 1.807) is 4.31 Å². The normalized spacial score (nSPS) is 25.2. The molecule has 1 atom stereocenters. The molecule has 0 bridgehead atoms. The molecule has 20 heavy (non-hydrogen) atoms. The number of nitrogens with zero attached hydrogens (tertiary/aromatic N) is 2. The molecule has 0 spiro atoms. The van der Waals surface area contributed by atoms with Crippen LogP contribution in [0.4, 0.5) is 0 Å². The molecule has 2 fully saturated rings. The van der Waals surface area contributed by atoms with Crippen molar-refractivity contribution in [1.82, 2.24) is 13.9 Å². The Morgan fingerprint density at radius 3 is 2.70 bits per heavy atom. The molecule has 0 radical (unpaired) electrons. The van der Waals surface area contributed by atoms with Crippen LogP contribution in [-0.4, -0.2) is 62.9 Å². The van der Waals surface area contributed by atoms with Crippen LogP contribution in [0.25, 0.3) is 0 Å². The molecule has 1 saturated carbocycles. The summed E-state index contributed by atoms with van der Waals surface area (Å²) in [6.45, 7) is 6.16. The van der Waals surface area contributed by atoms with Crippen molar-refractivity contribution in [3.05, 3.63) is 0 Å². The van der Waals surface area contributed by atoms with E-state index in [0.717, 1.165) is 25.9 Å². The minimum absolute atomic E-state index is 0.305. The zero-order chi connectivity index (χ0) is 14.6. The van der Waals surface area contributed by atoms with Gasteiger partial charge >= 0.3 is 0 Å². The second kappa shape index (κ2) is 7.17. The number of hydrogen-bond acceptors (Lipinski definition) is 4. The number of nitrogens with two attached hydrogens (primary N) is 1. The Hall–Kier alpha value is -0.210. The Bertz CT molecular complexity index is 397. The SMILES string of the molecule is CCN(CCNS(=O)(=O)N1CCCC(CN)C1)C1CC1. The van der Waals surface area contributed by atoms with E-state index in [2.05, 4.69) is 16.5 Å². The zero-order valence-electron chi connectivity index (χ0n) is 12.4. The van der Waals surface area contributed by atoms with E-state index in [4.69, 9.17) is 5.73 Å². The number of hydrogen-bond donors (Lipinski definition) is 2. The molecule has 1 saturated heterocycles. The van der Waals surface area contributed by atoms with Crippen LogP contribution >= 0.6 is 0 Å². The minimum atomic E-state index is -3.33. The fraction of sp³-hybridized carbons (Fsp3) is 1.00. The van der Waals surface area contributed by atoms with Crippen molar-refractivity contribution in [2.75, 3.05) is 39.3 Å². The molecule has 1 unspecified atom stereocenters. The van der Waals surface area contributed by atoms with Gasteiger partial charge in [-0.05, 0) is 44.7 Å². The fourth-order valence-electron chi connectivity index (χ4n) is 2.89. The first-order valence-electron chi connectivity index (χ1n) is 7.75. The summed E-state index contributed by atoms with van der Waals surface area (Å²) < 4.78 is 28.8. The molecule has 118 valence electrons. The van der Waals surface area contributed by atoms with Crippen molar-refractivity contribution in [2.24, 2.45) is 11.7 Å². The first kappa shape index (κ1) is 16.2. The van der Waals surface area contributed by atoms with Gasteiger partial charge in [0.05, 0.1) is 0 Å². The third-order valence-electron chi connectivity index (χ3n) is 4.31. The van der Waals surface area contributed by atoms with E-state index < -0.39 is 10.2 Å². The van der Waals surface area contributed by atoms with Crippen molar-refractivity contribution in [3.8, 4) is 0 Å². The van der Waals surface area contributed by atoms with Gasteiger partial charge in [0.2, 0.25) is 0 Å². The van der Waals surface area contributed by atoms with Crippen LogP contribution in [0.15, 0.2) is 0 Å². The minimum Gasteiger partial charge on any atom is -0.330 e. The van der Waals surface area contributed by atoms with Crippen molar-refractivity contribution in [1.29, 1.82) is 0 Å². The van der Waals surface area contributed by atoms with Crippen LogP contribution in [-0.2, 0) is 10.2 Å². The van der Waals surface area contributed by atoms with Gasteiger partial charge in [0.25, 0.3) is 10.2 Å². The summed E-state index contributed by atoms with van der Waals surface area (Å²) in [5, 5.41) is 0. The van der Waals surface area contributed by atoms with E-state index in [-0.39, 0.29) is 0 Å². The molecule has 0 aromatic heterocycles. The van der Waals surface area contributed by atoms with Gasteiger partial charge in [-0.2, -0.15) is 12.7 Å². The van der Waals surface area contributed by atoms with Gasteiger partial charge < -0.3 is 5.73 Å². The number of likely N-dealkylation sites (N-methyl/N-ethyl adjacent to an activating group) is 1. The lowest BCUT2D eigenvalue weighted by Gasteiger charge is -2.31. The summed E-state index contributed by atoms with van der Waals surface area (Å²) in [5.41, 5.74) is 5.66. The summed E-state index contributed by atoms with van der Waals surface area (Å²) in [6, 6.07) is 0.682. The maximum atomic E-state index is 12.3. The van der Waals surface area contributed by atoms with E-state index in [1.807, 2.05) is 0 Å². The second-order valence-electron chi connectivity index (χ2n) is 5.86. The maximum Gasteiger partial charge on any atom is 0.279 e. The zero-order valence-corrected chi connectivity index (χ0v) is 13.2. The molecule has 1 aliphatic heterocycles. The Morgan fingerprint density at radius 1 is 1.35 bits per heavy atom. The fourth-order valence-corrected chi connectivity index (χ4v) is 4.19. The highest BCUT2D eigenvalue weighted by atomic mass is 32.2. The van der Waals surface area contributed by atoms with Crippen molar-refractivity contribution in [3.63, 3.8) is 0 Å². The van der Waals surface area contributed by atoms with E-state index >= 15 is 0 Å². The maximum absolute atomic E-state index is 12.3. The summed E-state index contributed by atoms with van der Waals surface area (Å²) in [4.78, 5) is 2.35. The molecule has 1 aliphatic carbocycles. The van der Waals surface area contributed by atoms with Crippen LogP contribution < -0.4 is 10.5 Å². The highest BCUT2D eigenvalue weighted by molar-refractivity contribution is 7.87. The lowest BCUT2D eigenvalue weighted by atomic mass is 10.0. The molecule has 6 nitrogen and oxygen atoms in total. The van der Waals surface area contributed by atoms with Crippen molar-refractivity contribution in [2.45, 2.75) is 38.6 Å². The highest BCUT2D eigenvalue weighted by Gasteiger charge is 2.30. The van der Waals surface area contributed by atoms with Crippen LogP contribution in [0.1, 0.15) is 32.6 Å². The van der Waals surface area contributed by atoms with Crippen molar-refractivity contribution < 1.29 is 8.42 Å². The number of nitrogens with one attached hydrogen (secondary N) is 1. The Morgan fingerprint density at radius 2 is 2.10 bits per heavy atom. The van der Waals surface area contributed by atoms with Crippen LogP contribution in [0.2, 0.25) is 0 Å². The molecule has 0 aromatic carbocycles. The van der Waals surface area contributed by atoms with E-state index in [0.29, 0.717) is 38.1 Å². The number of rotatable bonds is 8. The summed E-state index contributed by atoms with van der Waals surface area (Å²) in [5.74, 6) is 0.305. The largest absolute Gasteiger partial charge is 0.330 e. The predicted octanol–water partition coefficient (Wildman–Crippen LogP) is -0.0242. The number of piperidine rings is 1. The molecular weight excluding hydrogens is 276 g/mol. The third kappa shape index (κ3) is 4.39. The standard InChI is InChI=1S/C13H28N4O2S/c1-2-16(13-5-6-13)9-7-15-20(18,19)17-8-3-4-12(10-14)11-17/h12-13,15H,2-11,14H2,1H3. The van der Waals surface area contributed by atoms with Gasteiger partial charge in [0, 0.05) is 32.2 Å². The lowest BCUT2D eigenvalue weighted by Crippen LogP contribution is -2.48. The molecular formula is C13H28N4O2S. The van der Waals surface area contributed by atoms with Crippen LogP contribution in [0.5, 0.6) is 0 Å². The molecule has 1 heterocycles. The monoisotopic (exact) mass is 304 g/mol. The van der Waals surface area contributed by atoms with E-state index in [9.17, 15) is 8.42 Å². The van der Waals surface area contributed by atoms with Crippen molar-refractivity contribution >= 4 is 10.2 Å².